The fourth-order valence-corrected chi connectivity index (χ4v) is 3.16. The van der Waals surface area contributed by atoms with Gasteiger partial charge in [0.2, 0.25) is 0 Å². The number of hydrogen-bond donors (Lipinski definition) is 1. The Morgan fingerprint density at radius 2 is 1.97 bits per heavy atom. The van der Waals surface area contributed by atoms with Crippen molar-refractivity contribution in [3.63, 3.8) is 0 Å². The molecule has 1 aromatic heterocycles. The number of rotatable bonds is 9. The van der Waals surface area contributed by atoms with Gasteiger partial charge in [-0.15, -0.1) is 0 Å². The molecular formula is C21H21N5O5. The standard InChI is InChI=1S/C21H21N5O5/c1-3-31-21(2,19(28)29)14-8-10-15(11-9-14)30-13-12-26-18(27)16-6-4-5-7-17(16)23-20(26)24-25-22/h4-11H,3,12-13H2,1-2H3,(H,28,29). The van der Waals surface area contributed by atoms with Crippen molar-refractivity contribution in [1.82, 2.24) is 9.55 Å². The Morgan fingerprint density at radius 1 is 1.26 bits per heavy atom. The third-order valence-electron chi connectivity index (χ3n) is 4.81. The van der Waals surface area contributed by atoms with Crippen molar-refractivity contribution in [1.29, 1.82) is 0 Å². The first-order chi connectivity index (χ1) is 14.9. The van der Waals surface area contributed by atoms with Crippen molar-refractivity contribution in [2.75, 3.05) is 13.2 Å². The Bertz CT molecular complexity index is 1200. The van der Waals surface area contributed by atoms with Crippen molar-refractivity contribution in [2.24, 2.45) is 5.11 Å². The predicted molar refractivity (Wildman–Crippen MR) is 113 cm³/mol. The molecule has 1 heterocycles. The number of aliphatic carboxylic acids is 1. The number of fused-ring (bicyclic) bond motifs is 1. The summed E-state index contributed by atoms with van der Waals surface area (Å²) in [5.74, 6) is -0.643. The van der Waals surface area contributed by atoms with E-state index >= 15 is 0 Å². The van der Waals surface area contributed by atoms with Gasteiger partial charge in [0, 0.05) is 11.5 Å². The van der Waals surface area contributed by atoms with Gasteiger partial charge < -0.3 is 14.6 Å². The third kappa shape index (κ3) is 4.50. The fraction of sp³-hybridized carbons (Fsp3) is 0.286. The van der Waals surface area contributed by atoms with Crippen LogP contribution < -0.4 is 10.3 Å². The van der Waals surface area contributed by atoms with Gasteiger partial charge in [-0.3, -0.25) is 9.36 Å². The molecule has 1 unspecified atom stereocenters. The highest BCUT2D eigenvalue weighted by molar-refractivity contribution is 5.79. The van der Waals surface area contributed by atoms with E-state index in [-0.39, 0.29) is 31.3 Å². The maximum Gasteiger partial charge on any atom is 0.340 e. The van der Waals surface area contributed by atoms with Crippen molar-refractivity contribution in [3.8, 4) is 5.75 Å². The van der Waals surface area contributed by atoms with Crippen molar-refractivity contribution >= 4 is 22.8 Å². The maximum absolute atomic E-state index is 12.8. The van der Waals surface area contributed by atoms with Gasteiger partial charge in [-0.1, -0.05) is 24.3 Å². The summed E-state index contributed by atoms with van der Waals surface area (Å²) in [6.45, 7) is 3.69. The first-order valence-corrected chi connectivity index (χ1v) is 9.56. The van der Waals surface area contributed by atoms with Crippen LogP contribution in [0.4, 0.5) is 5.95 Å². The topological polar surface area (TPSA) is 139 Å². The van der Waals surface area contributed by atoms with E-state index in [2.05, 4.69) is 15.0 Å². The number of carbonyl (C=O) groups is 1. The number of para-hydroxylation sites is 1. The van der Waals surface area contributed by atoms with E-state index in [1.54, 1.807) is 55.5 Å². The SMILES string of the molecule is CCOC(C)(C(=O)O)c1ccc(OCCn2c(N=[N+]=[N-])nc3ccccc3c2=O)cc1. The van der Waals surface area contributed by atoms with Crippen LogP contribution in [0, 0.1) is 0 Å². The number of aromatic nitrogens is 2. The highest BCUT2D eigenvalue weighted by atomic mass is 16.5. The van der Waals surface area contributed by atoms with Crippen LogP contribution in [0.15, 0.2) is 58.4 Å². The minimum Gasteiger partial charge on any atom is -0.492 e. The second-order valence-electron chi connectivity index (χ2n) is 6.72. The van der Waals surface area contributed by atoms with E-state index in [1.165, 1.54) is 11.5 Å². The molecule has 1 atom stereocenters. The first kappa shape index (κ1) is 21.8. The number of ether oxygens (including phenoxy) is 2. The summed E-state index contributed by atoms with van der Waals surface area (Å²) in [5.41, 5.74) is 7.93. The summed E-state index contributed by atoms with van der Waals surface area (Å²) in [6, 6.07) is 13.3. The molecule has 3 aromatic rings. The summed E-state index contributed by atoms with van der Waals surface area (Å²) in [5, 5.41) is 13.4. The largest absolute Gasteiger partial charge is 0.492 e. The number of carboxylic acid groups (broad SMARTS) is 1. The Kier molecular flexibility index (Phi) is 6.54. The number of azide groups is 1. The van der Waals surface area contributed by atoms with Gasteiger partial charge in [0.15, 0.2) is 11.5 Å². The van der Waals surface area contributed by atoms with Crippen LogP contribution in [0.3, 0.4) is 0 Å². The number of benzene rings is 2. The van der Waals surface area contributed by atoms with Gasteiger partial charge in [-0.25, -0.2) is 9.78 Å². The van der Waals surface area contributed by atoms with Gasteiger partial charge in [0.05, 0.1) is 17.4 Å². The number of hydrogen-bond acceptors (Lipinski definition) is 6. The Hall–Kier alpha value is -3.88. The van der Waals surface area contributed by atoms with Crippen LogP contribution in [0.2, 0.25) is 0 Å². The molecule has 0 bridgehead atoms. The molecule has 31 heavy (non-hydrogen) atoms. The Balaban J connectivity index is 1.77. The lowest BCUT2D eigenvalue weighted by molar-refractivity contribution is -0.164. The van der Waals surface area contributed by atoms with E-state index in [4.69, 9.17) is 15.0 Å². The Labute approximate surface area is 177 Å². The molecule has 0 amide bonds. The third-order valence-corrected chi connectivity index (χ3v) is 4.81. The molecule has 10 nitrogen and oxygen atoms in total. The minimum atomic E-state index is -1.46. The zero-order valence-electron chi connectivity index (χ0n) is 17.1. The second kappa shape index (κ2) is 9.29. The van der Waals surface area contributed by atoms with Crippen LogP contribution >= 0.6 is 0 Å². The molecule has 0 aliphatic heterocycles. The molecule has 0 aliphatic rings. The second-order valence-corrected chi connectivity index (χ2v) is 6.72. The summed E-state index contributed by atoms with van der Waals surface area (Å²) in [4.78, 5) is 31.4. The van der Waals surface area contributed by atoms with Crippen molar-refractivity contribution < 1.29 is 19.4 Å². The van der Waals surface area contributed by atoms with Gasteiger partial charge in [0.25, 0.3) is 5.56 Å². The lowest BCUT2D eigenvalue weighted by Gasteiger charge is -2.25. The molecular weight excluding hydrogens is 402 g/mol. The summed E-state index contributed by atoms with van der Waals surface area (Å²) in [7, 11) is 0. The van der Waals surface area contributed by atoms with E-state index in [9.17, 15) is 14.7 Å². The van der Waals surface area contributed by atoms with Gasteiger partial charge >= 0.3 is 5.97 Å². The highest BCUT2D eigenvalue weighted by Gasteiger charge is 2.35. The molecule has 0 saturated carbocycles. The molecule has 160 valence electrons. The van der Waals surface area contributed by atoms with Crippen LogP contribution in [0.25, 0.3) is 21.3 Å². The molecule has 0 spiro atoms. The molecule has 2 aromatic carbocycles. The van der Waals surface area contributed by atoms with Crippen LogP contribution in [0.5, 0.6) is 5.75 Å². The Morgan fingerprint density at radius 3 is 2.61 bits per heavy atom. The molecule has 0 radical (unpaired) electrons. The van der Waals surface area contributed by atoms with Gasteiger partial charge in [-0.2, -0.15) is 0 Å². The van der Waals surface area contributed by atoms with Crippen LogP contribution in [0.1, 0.15) is 19.4 Å². The van der Waals surface area contributed by atoms with Crippen LogP contribution in [-0.2, 0) is 21.7 Å². The molecule has 0 fully saturated rings. The number of nitrogens with zero attached hydrogens (tertiary/aromatic N) is 5. The van der Waals surface area contributed by atoms with Crippen molar-refractivity contribution in [3.05, 3.63) is 74.9 Å². The molecule has 1 N–H and O–H groups in total. The van der Waals surface area contributed by atoms with Gasteiger partial charge in [0.1, 0.15) is 12.4 Å². The van der Waals surface area contributed by atoms with Crippen LogP contribution in [-0.4, -0.2) is 33.8 Å². The van der Waals surface area contributed by atoms with Gasteiger partial charge in [-0.05, 0) is 54.3 Å². The smallest absolute Gasteiger partial charge is 0.340 e. The van der Waals surface area contributed by atoms with E-state index in [0.717, 1.165) is 0 Å². The molecule has 10 heteroatoms. The zero-order valence-corrected chi connectivity index (χ0v) is 17.1. The quantitative estimate of drug-likeness (QED) is 0.316. The van der Waals surface area contributed by atoms with E-state index in [1.807, 2.05) is 0 Å². The zero-order chi connectivity index (χ0) is 22.4. The average Bonchev–Trinajstić information content (AvgIpc) is 2.76. The van der Waals surface area contributed by atoms with E-state index in [0.29, 0.717) is 22.2 Å². The summed E-state index contributed by atoms with van der Waals surface area (Å²) < 4.78 is 12.4. The summed E-state index contributed by atoms with van der Waals surface area (Å²) >= 11 is 0. The molecule has 0 saturated heterocycles. The maximum atomic E-state index is 12.8. The number of carboxylic acids is 1. The lowest BCUT2D eigenvalue weighted by Crippen LogP contribution is -2.35. The fourth-order valence-electron chi connectivity index (χ4n) is 3.16. The lowest BCUT2D eigenvalue weighted by atomic mass is 9.96. The van der Waals surface area contributed by atoms with E-state index < -0.39 is 11.6 Å². The minimum absolute atomic E-state index is 0.0425. The normalized spacial score (nSPS) is 12.7. The predicted octanol–water partition coefficient (Wildman–Crippen LogP) is 3.75. The van der Waals surface area contributed by atoms with Crippen molar-refractivity contribution in [2.45, 2.75) is 26.0 Å². The molecule has 3 rings (SSSR count). The monoisotopic (exact) mass is 423 g/mol. The highest BCUT2D eigenvalue weighted by Crippen LogP contribution is 2.27. The average molecular weight is 423 g/mol. The first-order valence-electron chi connectivity index (χ1n) is 9.56. The molecule has 0 aliphatic carbocycles. The summed E-state index contributed by atoms with van der Waals surface area (Å²) in [6.07, 6.45) is 0.